The highest BCUT2D eigenvalue weighted by Crippen LogP contribution is 2.36. The molecule has 2 aromatic heterocycles. The third-order valence-electron chi connectivity index (χ3n) is 2.74. The first-order valence-electron chi connectivity index (χ1n) is 5.75. The molecule has 0 atom stereocenters. The second kappa shape index (κ2) is 4.88. The van der Waals surface area contributed by atoms with Gasteiger partial charge < -0.3 is 10.3 Å². The molecular formula is C12H7ClF3N5. The Bertz CT molecular complexity index is 799. The first-order chi connectivity index (χ1) is 9.95. The van der Waals surface area contributed by atoms with Gasteiger partial charge in [-0.3, -0.25) is 0 Å². The van der Waals surface area contributed by atoms with E-state index < -0.39 is 11.7 Å². The summed E-state index contributed by atoms with van der Waals surface area (Å²) >= 11 is 5.74. The van der Waals surface area contributed by atoms with E-state index in [9.17, 15) is 13.2 Å². The fraction of sp³-hybridized carbons (Fsp3) is 0.0833. The molecule has 0 aliphatic carbocycles. The number of aromatic amines is 1. The van der Waals surface area contributed by atoms with Gasteiger partial charge in [-0.1, -0.05) is 12.1 Å². The molecule has 2 N–H and O–H groups in total. The molecule has 0 saturated heterocycles. The second-order valence-electron chi connectivity index (χ2n) is 4.11. The normalized spacial score (nSPS) is 11.8. The average molecular weight is 314 g/mol. The molecule has 0 unspecified atom stereocenters. The summed E-state index contributed by atoms with van der Waals surface area (Å²) in [6, 6.07) is 5.09. The van der Waals surface area contributed by atoms with Crippen LogP contribution in [0.2, 0.25) is 5.28 Å². The minimum Gasteiger partial charge on any atom is -0.340 e. The van der Waals surface area contributed by atoms with Gasteiger partial charge in [-0.05, 0) is 23.7 Å². The van der Waals surface area contributed by atoms with Gasteiger partial charge in [-0.25, -0.2) is 4.98 Å². The van der Waals surface area contributed by atoms with Crippen LogP contribution in [0.3, 0.4) is 0 Å². The summed E-state index contributed by atoms with van der Waals surface area (Å²) < 4.78 is 38.9. The van der Waals surface area contributed by atoms with Crippen LogP contribution in [0.5, 0.6) is 0 Å². The Morgan fingerprint density at radius 1 is 1.14 bits per heavy atom. The van der Waals surface area contributed by atoms with Crippen molar-refractivity contribution in [3.8, 4) is 0 Å². The van der Waals surface area contributed by atoms with Gasteiger partial charge in [-0.2, -0.15) is 23.1 Å². The lowest BCUT2D eigenvalue weighted by molar-refractivity contribution is -0.136. The molecule has 1 aromatic carbocycles. The molecule has 0 spiro atoms. The molecule has 0 aliphatic rings. The number of hydrogen-bond donors (Lipinski definition) is 2. The van der Waals surface area contributed by atoms with Crippen LogP contribution in [-0.4, -0.2) is 19.9 Å². The number of nitrogens with zero attached hydrogens (tertiary/aromatic N) is 3. The molecule has 9 heteroatoms. The minimum absolute atomic E-state index is 0.110. The number of rotatable bonds is 2. The maximum Gasteiger partial charge on any atom is 0.418 e. The molecule has 3 aromatic rings. The summed E-state index contributed by atoms with van der Waals surface area (Å²) in [6.45, 7) is 0. The number of imidazole rings is 1. The number of anilines is 2. The first-order valence-corrected chi connectivity index (χ1v) is 6.13. The fourth-order valence-electron chi connectivity index (χ4n) is 1.86. The molecule has 0 fully saturated rings. The van der Waals surface area contributed by atoms with Crippen molar-refractivity contribution in [3.63, 3.8) is 0 Å². The van der Waals surface area contributed by atoms with E-state index in [1.54, 1.807) is 0 Å². The van der Waals surface area contributed by atoms with E-state index in [1.807, 2.05) is 0 Å². The Morgan fingerprint density at radius 2 is 1.90 bits per heavy atom. The molecule has 0 amide bonds. The summed E-state index contributed by atoms with van der Waals surface area (Å²) in [5, 5.41) is 2.51. The van der Waals surface area contributed by atoms with Gasteiger partial charge >= 0.3 is 6.18 Å². The van der Waals surface area contributed by atoms with Crippen molar-refractivity contribution in [2.24, 2.45) is 0 Å². The third-order valence-corrected chi connectivity index (χ3v) is 2.91. The van der Waals surface area contributed by atoms with Crippen molar-refractivity contribution < 1.29 is 13.2 Å². The van der Waals surface area contributed by atoms with Crippen LogP contribution in [0.4, 0.5) is 24.7 Å². The lowest BCUT2D eigenvalue weighted by Crippen LogP contribution is -2.09. The number of hydrogen-bond acceptors (Lipinski definition) is 4. The van der Waals surface area contributed by atoms with Crippen LogP contribution in [0.25, 0.3) is 11.2 Å². The van der Waals surface area contributed by atoms with E-state index >= 15 is 0 Å². The zero-order valence-corrected chi connectivity index (χ0v) is 11.0. The number of para-hydroxylation sites is 1. The average Bonchev–Trinajstić information content (AvgIpc) is 2.86. The minimum atomic E-state index is -4.48. The SMILES string of the molecule is FC(F)(F)c1ccccc1Nc1nc(Cl)nc2nc[nH]c12. The number of aromatic nitrogens is 4. The largest absolute Gasteiger partial charge is 0.418 e. The summed E-state index contributed by atoms with van der Waals surface area (Å²) in [6.07, 6.45) is -3.12. The van der Waals surface area contributed by atoms with Crippen LogP contribution in [0, 0.1) is 0 Å². The lowest BCUT2D eigenvalue weighted by atomic mass is 10.1. The van der Waals surface area contributed by atoms with E-state index in [4.69, 9.17) is 11.6 Å². The second-order valence-corrected chi connectivity index (χ2v) is 4.45. The predicted octanol–water partition coefficient (Wildman–Crippen LogP) is 3.77. The van der Waals surface area contributed by atoms with Gasteiger partial charge in [0.1, 0.15) is 5.52 Å². The highest BCUT2D eigenvalue weighted by Gasteiger charge is 2.33. The summed E-state index contributed by atoms with van der Waals surface area (Å²) in [7, 11) is 0. The maximum absolute atomic E-state index is 13.0. The van der Waals surface area contributed by atoms with Crippen LogP contribution < -0.4 is 5.32 Å². The molecule has 2 heterocycles. The quantitative estimate of drug-likeness (QED) is 0.707. The Balaban J connectivity index is 2.09. The van der Waals surface area contributed by atoms with Gasteiger partial charge in [-0.15, -0.1) is 0 Å². The molecule has 0 bridgehead atoms. The number of halogens is 4. The van der Waals surface area contributed by atoms with Gasteiger partial charge in [0.25, 0.3) is 0 Å². The molecular weight excluding hydrogens is 307 g/mol. The Labute approximate surface area is 121 Å². The van der Waals surface area contributed by atoms with E-state index in [0.29, 0.717) is 5.52 Å². The molecule has 0 aliphatic heterocycles. The topological polar surface area (TPSA) is 66.5 Å². The molecule has 0 saturated carbocycles. The van der Waals surface area contributed by atoms with Gasteiger partial charge in [0.05, 0.1) is 17.6 Å². The van der Waals surface area contributed by atoms with Crippen LogP contribution in [0.1, 0.15) is 5.56 Å². The number of alkyl halides is 3. The van der Waals surface area contributed by atoms with E-state index in [-0.39, 0.29) is 22.4 Å². The van der Waals surface area contributed by atoms with Crippen molar-refractivity contribution in [1.29, 1.82) is 0 Å². The molecule has 21 heavy (non-hydrogen) atoms. The maximum atomic E-state index is 13.0. The summed E-state index contributed by atoms with van der Waals surface area (Å²) in [5.41, 5.74) is -0.290. The number of nitrogens with one attached hydrogen (secondary N) is 2. The predicted molar refractivity (Wildman–Crippen MR) is 71.4 cm³/mol. The van der Waals surface area contributed by atoms with E-state index in [0.717, 1.165) is 6.07 Å². The molecule has 108 valence electrons. The van der Waals surface area contributed by atoms with Crippen molar-refractivity contribution in [2.75, 3.05) is 5.32 Å². The van der Waals surface area contributed by atoms with Crippen molar-refractivity contribution in [3.05, 3.63) is 41.4 Å². The van der Waals surface area contributed by atoms with E-state index in [1.165, 1.54) is 24.5 Å². The van der Waals surface area contributed by atoms with Gasteiger partial charge in [0, 0.05) is 0 Å². The highest BCUT2D eigenvalue weighted by molar-refractivity contribution is 6.28. The van der Waals surface area contributed by atoms with Gasteiger partial charge in [0.2, 0.25) is 5.28 Å². The van der Waals surface area contributed by atoms with Crippen LogP contribution in [0.15, 0.2) is 30.6 Å². The smallest absolute Gasteiger partial charge is 0.340 e. The Hall–Kier alpha value is -2.35. The van der Waals surface area contributed by atoms with E-state index in [2.05, 4.69) is 25.3 Å². The van der Waals surface area contributed by atoms with Gasteiger partial charge in [0.15, 0.2) is 11.5 Å². The lowest BCUT2D eigenvalue weighted by Gasteiger charge is -2.14. The van der Waals surface area contributed by atoms with Crippen LogP contribution >= 0.6 is 11.6 Å². The zero-order chi connectivity index (χ0) is 15.0. The Morgan fingerprint density at radius 3 is 2.67 bits per heavy atom. The first kappa shape index (κ1) is 13.6. The van der Waals surface area contributed by atoms with Crippen molar-refractivity contribution in [1.82, 2.24) is 19.9 Å². The molecule has 3 rings (SSSR count). The standard InChI is InChI=1S/C12H7ClF3N5/c13-11-20-9-8(17-5-18-9)10(21-11)19-7-4-2-1-3-6(7)12(14,15)16/h1-5H,(H2,17,18,19,20,21). The monoisotopic (exact) mass is 313 g/mol. The van der Waals surface area contributed by atoms with Crippen LogP contribution in [-0.2, 0) is 6.18 Å². The van der Waals surface area contributed by atoms with Crippen molar-refractivity contribution >= 4 is 34.3 Å². The third kappa shape index (κ3) is 2.62. The highest BCUT2D eigenvalue weighted by atomic mass is 35.5. The summed E-state index contributed by atoms with van der Waals surface area (Å²) in [5.74, 6) is 0.124. The number of benzene rings is 1. The number of H-pyrrole nitrogens is 1. The molecule has 0 radical (unpaired) electrons. The molecule has 5 nitrogen and oxygen atoms in total. The zero-order valence-electron chi connectivity index (χ0n) is 10.2. The van der Waals surface area contributed by atoms with Crippen molar-refractivity contribution in [2.45, 2.75) is 6.18 Å². The summed E-state index contributed by atoms with van der Waals surface area (Å²) in [4.78, 5) is 14.4. The Kier molecular flexibility index (Phi) is 3.17. The fourth-order valence-corrected chi connectivity index (χ4v) is 2.03. The number of fused-ring (bicyclic) bond motifs is 1.